The van der Waals surface area contributed by atoms with E-state index in [1.165, 1.54) is 32.1 Å². The topological polar surface area (TPSA) is 41.5 Å². The van der Waals surface area contributed by atoms with Crippen molar-refractivity contribution in [2.75, 3.05) is 13.7 Å². The smallest absolute Gasteiger partial charge is 0.120 e. The lowest BCUT2D eigenvalue weighted by Gasteiger charge is -2.30. The van der Waals surface area contributed by atoms with E-state index in [0.717, 1.165) is 17.9 Å². The van der Waals surface area contributed by atoms with Crippen LogP contribution >= 0.6 is 0 Å². The van der Waals surface area contributed by atoms with E-state index in [2.05, 4.69) is 19.2 Å². The maximum atomic E-state index is 10.0. The molecule has 2 rings (SSSR count). The first kappa shape index (κ1) is 15.2. The molecule has 1 fully saturated rings. The van der Waals surface area contributed by atoms with Gasteiger partial charge in [0, 0.05) is 18.2 Å². The fraction of sp³-hybridized carbons (Fsp3) is 0.647. The quantitative estimate of drug-likeness (QED) is 0.825. The molecule has 0 spiro atoms. The van der Waals surface area contributed by atoms with E-state index in [1.54, 1.807) is 19.2 Å². The van der Waals surface area contributed by atoms with Crippen LogP contribution in [0.25, 0.3) is 0 Å². The van der Waals surface area contributed by atoms with Crippen LogP contribution in [0.15, 0.2) is 18.2 Å². The minimum Gasteiger partial charge on any atom is -0.508 e. The average molecular weight is 277 g/mol. The van der Waals surface area contributed by atoms with Crippen molar-refractivity contribution in [1.29, 1.82) is 0 Å². The summed E-state index contributed by atoms with van der Waals surface area (Å²) in [6, 6.07) is 5.54. The van der Waals surface area contributed by atoms with Crippen LogP contribution < -0.4 is 10.1 Å². The second-order valence-electron chi connectivity index (χ2n) is 6.09. The van der Waals surface area contributed by atoms with E-state index in [1.807, 2.05) is 6.07 Å². The van der Waals surface area contributed by atoms with Gasteiger partial charge in [0.1, 0.15) is 11.5 Å². The third-order valence-electron chi connectivity index (χ3n) is 4.90. The van der Waals surface area contributed by atoms with Gasteiger partial charge in [-0.15, -0.1) is 0 Å². The van der Waals surface area contributed by atoms with Gasteiger partial charge in [-0.25, -0.2) is 0 Å². The van der Waals surface area contributed by atoms with Crippen LogP contribution in [-0.4, -0.2) is 18.8 Å². The first-order chi connectivity index (χ1) is 9.60. The molecule has 20 heavy (non-hydrogen) atoms. The van der Waals surface area contributed by atoms with Gasteiger partial charge in [0.05, 0.1) is 7.11 Å². The van der Waals surface area contributed by atoms with Gasteiger partial charge in [-0.05, 0) is 49.8 Å². The van der Waals surface area contributed by atoms with Crippen molar-refractivity contribution in [3.05, 3.63) is 23.8 Å². The zero-order valence-electron chi connectivity index (χ0n) is 12.9. The molecule has 0 saturated heterocycles. The van der Waals surface area contributed by atoms with Crippen LogP contribution in [-0.2, 0) is 0 Å². The second-order valence-corrected chi connectivity index (χ2v) is 6.09. The van der Waals surface area contributed by atoms with Crippen molar-refractivity contribution in [3.8, 4) is 11.5 Å². The van der Waals surface area contributed by atoms with E-state index in [0.29, 0.717) is 11.2 Å². The third-order valence-corrected chi connectivity index (χ3v) is 4.90. The Hall–Kier alpha value is -1.22. The predicted molar refractivity (Wildman–Crippen MR) is 82.3 cm³/mol. The monoisotopic (exact) mass is 277 g/mol. The molecule has 2 N–H and O–H groups in total. The van der Waals surface area contributed by atoms with Crippen molar-refractivity contribution in [1.82, 2.24) is 5.32 Å². The van der Waals surface area contributed by atoms with E-state index >= 15 is 0 Å². The van der Waals surface area contributed by atoms with E-state index in [4.69, 9.17) is 4.74 Å². The summed E-state index contributed by atoms with van der Waals surface area (Å²) in [5.74, 6) is 1.13. The van der Waals surface area contributed by atoms with Crippen LogP contribution in [0.1, 0.15) is 57.6 Å². The summed E-state index contributed by atoms with van der Waals surface area (Å²) in [5.41, 5.74) is 1.37. The number of methoxy groups -OCH3 is 1. The van der Waals surface area contributed by atoms with Crippen molar-refractivity contribution >= 4 is 0 Å². The number of benzene rings is 1. The normalized spacial score (nSPS) is 18.9. The Labute approximate surface area is 122 Å². The lowest BCUT2D eigenvalue weighted by Crippen LogP contribution is -2.33. The zero-order valence-corrected chi connectivity index (χ0v) is 12.9. The summed E-state index contributed by atoms with van der Waals surface area (Å²) < 4.78 is 5.24. The van der Waals surface area contributed by atoms with Crippen LogP contribution in [0.2, 0.25) is 0 Å². The molecule has 1 unspecified atom stereocenters. The van der Waals surface area contributed by atoms with Crippen molar-refractivity contribution < 1.29 is 9.84 Å². The molecule has 112 valence electrons. The Morgan fingerprint density at radius 3 is 2.65 bits per heavy atom. The molecule has 1 aromatic rings. The molecule has 0 bridgehead atoms. The molecule has 1 aromatic carbocycles. The van der Waals surface area contributed by atoms with Gasteiger partial charge in [-0.2, -0.15) is 0 Å². The molecule has 1 aliphatic carbocycles. The third kappa shape index (κ3) is 3.26. The maximum Gasteiger partial charge on any atom is 0.120 e. The summed E-state index contributed by atoms with van der Waals surface area (Å²) in [5, 5.41) is 13.6. The van der Waals surface area contributed by atoms with E-state index in [9.17, 15) is 5.11 Å². The molecule has 1 saturated carbocycles. The standard InChI is InChI=1S/C17H27NO2/c1-4-17(9-5-6-10-17)12-18-13(2)15-11-14(20-3)7-8-16(15)19/h7-8,11,13,18-19H,4-6,9-10,12H2,1-3H3. The van der Waals surface area contributed by atoms with Gasteiger partial charge in [0.2, 0.25) is 0 Å². The molecular formula is C17H27NO2. The molecular weight excluding hydrogens is 250 g/mol. The van der Waals surface area contributed by atoms with Crippen LogP contribution in [0.4, 0.5) is 0 Å². The first-order valence-electron chi connectivity index (χ1n) is 7.70. The van der Waals surface area contributed by atoms with Crippen molar-refractivity contribution in [2.24, 2.45) is 5.41 Å². The molecule has 0 aromatic heterocycles. The number of rotatable bonds is 6. The molecule has 0 radical (unpaired) electrons. The summed E-state index contributed by atoms with van der Waals surface area (Å²) >= 11 is 0. The Morgan fingerprint density at radius 1 is 1.35 bits per heavy atom. The number of phenolic OH excluding ortho intramolecular Hbond substituents is 1. The average Bonchev–Trinajstić information content (AvgIpc) is 2.95. The Morgan fingerprint density at radius 2 is 2.05 bits per heavy atom. The van der Waals surface area contributed by atoms with Gasteiger partial charge in [-0.1, -0.05) is 19.8 Å². The summed E-state index contributed by atoms with van der Waals surface area (Å²) in [4.78, 5) is 0. The highest BCUT2D eigenvalue weighted by atomic mass is 16.5. The van der Waals surface area contributed by atoms with Crippen molar-refractivity contribution in [3.63, 3.8) is 0 Å². The Balaban J connectivity index is 2.02. The van der Waals surface area contributed by atoms with Gasteiger partial charge < -0.3 is 15.2 Å². The van der Waals surface area contributed by atoms with Crippen molar-refractivity contribution in [2.45, 2.75) is 52.0 Å². The number of phenols is 1. The minimum absolute atomic E-state index is 0.133. The van der Waals surface area contributed by atoms with Gasteiger partial charge in [-0.3, -0.25) is 0 Å². The molecule has 0 aliphatic heterocycles. The Kier molecular flexibility index (Phi) is 4.92. The van der Waals surface area contributed by atoms with Gasteiger partial charge in [0.15, 0.2) is 0 Å². The molecule has 0 amide bonds. The molecule has 0 heterocycles. The SMILES string of the molecule is CCC1(CNC(C)c2cc(OC)ccc2O)CCCC1. The lowest BCUT2D eigenvalue weighted by molar-refractivity contribution is 0.257. The Bertz CT molecular complexity index is 439. The van der Waals surface area contributed by atoms with Crippen LogP contribution in [0, 0.1) is 5.41 Å². The predicted octanol–water partition coefficient (Wildman–Crippen LogP) is 4.02. The molecule has 3 nitrogen and oxygen atoms in total. The highest BCUT2D eigenvalue weighted by molar-refractivity contribution is 5.41. The summed E-state index contributed by atoms with van der Waals surface area (Å²) in [6.45, 7) is 5.43. The number of ether oxygens (including phenoxy) is 1. The number of hydrogen-bond donors (Lipinski definition) is 2. The fourth-order valence-electron chi connectivity index (χ4n) is 3.27. The van der Waals surface area contributed by atoms with Gasteiger partial charge in [0.25, 0.3) is 0 Å². The first-order valence-corrected chi connectivity index (χ1v) is 7.70. The highest BCUT2D eigenvalue weighted by Crippen LogP contribution is 2.41. The largest absolute Gasteiger partial charge is 0.508 e. The fourth-order valence-corrected chi connectivity index (χ4v) is 3.27. The van der Waals surface area contributed by atoms with E-state index < -0.39 is 0 Å². The van der Waals surface area contributed by atoms with E-state index in [-0.39, 0.29) is 6.04 Å². The maximum absolute atomic E-state index is 10.0. The zero-order chi connectivity index (χ0) is 14.6. The minimum atomic E-state index is 0.133. The lowest BCUT2D eigenvalue weighted by atomic mass is 9.83. The van der Waals surface area contributed by atoms with Crippen LogP contribution in [0.5, 0.6) is 11.5 Å². The molecule has 1 aliphatic rings. The second kappa shape index (κ2) is 6.49. The highest BCUT2D eigenvalue weighted by Gasteiger charge is 2.32. The summed E-state index contributed by atoms with van der Waals surface area (Å²) in [6.07, 6.45) is 6.60. The molecule has 3 heteroatoms. The number of nitrogens with one attached hydrogen (secondary N) is 1. The van der Waals surface area contributed by atoms with Crippen LogP contribution in [0.3, 0.4) is 0 Å². The molecule has 1 atom stereocenters. The number of hydrogen-bond acceptors (Lipinski definition) is 3. The number of aromatic hydroxyl groups is 1. The van der Waals surface area contributed by atoms with Gasteiger partial charge >= 0.3 is 0 Å². The summed E-state index contributed by atoms with van der Waals surface area (Å²) in [7, 11) is 1.65.